The zero-order valence-corrected chi connectivity index (χ0v) is 13.2. The average Bonchev–Trinajstić information content (AvgIpc) is 2.39. The molecule has 0 aromatic heterocycles. The summed E-state index contributed by atoms with van der Waals surface area (Å²) in [6.07, 6.45) is 0. The molecule has 2 aromatic carbocycles. The Morgan fingerprint density at radius 1 is 1.20 bits per heavy atom. The molecule has 0 radical (unpaired) electrons. The second-order valence-corrected chi connectivity index (χ2v) is 5.67. The average molecular weight is 376 g/mol. The van der Waals surface area contributed by atoms with Gasteiger partial charge >= 0.3 is 5.97 Å². The molecule has 0 aliphatic carbocycles. The molecule has 0 fully saturated rings. The first-order valence-corrected chi connectivity index (χ1v) is 7.12. The Morgan fingerprint density at radius 2 is 1.95 bits per heavy atom. The van der Waals surface area contributed by atoms with Crippen LogP contribution >= 0.6 is 39.1 Å². The van der Waals surface area contributed by atoms with E-state index in [1.165, 1.54) is 6.07 Å². The van der Waals surface area contributed by atoms with Gasteiger partial charge in [-0.25, -0.2) is 4.79 Å². The topological polar surface area (TPSA) is 46.5 Å². The monoisotopic (exact) mass is 374 g/mol. The molecule has 0 aliphatic rings. The van der Waals surface area contributed by atoms with Gasteiger partial charge in [-0.05, 0) is 46.3 Å². The summed E-state index contributed by atoms with van der Waals surface area (Å²) in [7, 11) is 0. The van der Waals surface area contributed by atoms with Crippen molar-refractivity contribution in [3.8, 4) is 5.75 Å². The van der Waals surface area contributed by atoms with Gasteiger partial charge in [0.1, 0.15) is 12.4 Å². The number of carboxylic acids is 1. The zero-order valence-electron chi connectivity index (χ0n) is 10.1. The predicted octanol–water partition coefficient (Wildman–Crippen LogP) is 5.03. The Hall–Kier alpha value is -1.23. The van der Waals surface area contributed by atoms with Crippen LogP contribution < -0.4 is 4.74 Å². The summed E-state index contributed by atoms with van der Waals surface area (Å²) in [5.41, 5.74) is 0.917. The molecule has 6 heteroatoms. The van der Waals surface area contributed by atoms with Gasteiger partial charge in [-0.15, -0.1) is 0 Å². The van der Waals surface area contributed by atoms with Crippen LogP contribution in [0, 0.1) is 0 Å². The maximum absolute atomic E-state index is 11.0. The van der Waals surface area contributed by atoms with E-state index in [1.54, 1.807) is 30.3 Å². The maximum Gasteiger partial charge on any atom is 0.336 e. The van der Waals surface area contributed by atoms with E-state index in [0.29, 0.717) is 20.3 Å². The molecule has 3 nitrogen and oxygen atoms in total. The van der Waals surface area contributed by atoms with Crippen molar-refractivity contribution in [1.29, 1.82) is 0 Å². The van der Waals surface area contributed by atoms with Crippen molar-refractivity contribution < 1.29 is 14.6 Å². The van der Waals surface area contributed by atoms with Crippen LogP contribution in [0.15, 0.2) is 40.9 Å². The second kappa shape index (κ2) is 6.48. The second-order valence-electron chi connectivity index (χ2n) is 3.97. The Kier molecular flexibility index (Phi) is 4.91. The van der Waals surface area contributed by atoms with E-state index >= 15 is 0 Å². The minimum atomic E-state index is -1.02. The number of benzene rings is 2. The highest BCUT2D eigenvalue weighted by molar-refractivity contribution is 9.10. The predicted molar refractivity (Wildman–Crippen MR) is 81.9 cm³/mol. The Labute approximate surface area is 134 Å². The molecular weight excluding hydrogens is 367 g/mol. The molecule has 2 rings (SSSR count). The Balaban J connectivity index is 2.15. The first-order chi connectivity index (χ1) is 9.47. The third-order valence-electron chi connectivity index (χ3n) is 2.58. The summed E-state index contributed by atoms with van der Waals surface area (Å²) in [6, 6.07) is 9.88. The number of carboxylic acid groups (broad SMARTS) is 1. The fraction of sp³-hybridized carbons (Fsp3) is 0.0714. The Morgan fingerprint density at radius 3 is 2.60 bits per heavy atom. The van der Waals surface area contributed by atoms with E-state index in [1.807, 2.05) is 0 Å². The summed E-state index contributed by atoms with van der Waals surface area (Å²) >= 11 is 15.0. The molecule has 0 saturated heterocycles. The number of rotatable bonds is 4. The number of hydrogen-bond donors (Lipinski definition) is 1. The SMILES string of the molecule is O=C(O)c1cc(OCc2ccc(Cl)cc2Cl)ccc1Br. The fourth-order valence-corrected chi connectivity index (χ4v) is 2.44. The van der Waals surface area contributed by atoms with E-state index < -0.39 is 5.97 Å². The van der Waals surface area contributed by atoms with E-state index in [2.05, 4.69) is 15.9 Å². The van der Waals surface area contributed by atoms with Gasteiger partial charge in [0.2, 0.25) is 0 Å². The molecule has 0 saturated carbocycles. The lowest BCUT2D eigenvalue weighted by atomic mass is 10.2. The van der Waals surface area contributed by atoms with Gasteiger partial charge in [-0.3, -0.25) is 0 Å². The standard InChI is InChI=1S/C14H9BrCl2O3/c15-12-4-3-10(6-11(12)14(18)19)20-7-8-1-2-9(16)5-13(8)17/h1-6H,7H2,(H,18,19). The number of aromatic carboxylic acids is 1. The highest BCUT2D eigenvalue weighted by atomic mass is 79.9. The Bertz CT molecular complexity index is 659. The van der Waals surface area contributed by atoms with Gasteiger partial charge in [-0.1, -0.05) is 29.3 Å². The molecular formula is C14H9BrCl2O3. The lowest BCUT2D eigenvalue weighted by Gasteiger charge is -2.09. The van der Waals surface area contributed by atoms with Crippen LogP contribution in [-0.2, 0) is 6.61 Å². The summed E-state index contributed by atoms with van der Waals surface area (Å²) in [5.74, 6) is -0.566. The van der Waals surface area contributed by atoms with Gasteiger partial charge in [0.25, 0.3) is 0 Å². The van der Waals surface area contributed by atoms with E-state index in [4.69, 9.17) is 33.0 Å². The van der Waals surface area contributed by atoms with Crippen molar-refractivity contribution in [3.05, 3.63) is 62.0 Å². The highest BCUT2D eigenvalue weighted by Gasteiger charge is 2.10. The van der Waals surface area contributed by atoms with Crippen LogP contribution in [0.2, 0.25) is 10.0 Å². The van der Waals surface area contributed by atoms with Crippen LogP contribution in [0.5, 0.6) is 5.75 Å². The quantitative estimate of drug-likeness (QED) is 0.814. The third kappa shape index (κ3) is 3.66. The molecule has 0 aliphatic heterocycles. The number of carbonyl (C=O) groups is 1. The van der Waals surface area contributed by atoms with Gasteiger partial charge < -0.3 is 9.84 Å². The molecule has 0 amide bonds. The summed E-state index contributed by atoms with van der Waals surface area (Å²) in [5, 5.41) is 10.1. The summed E-state index contributed by atoms with van der Waals surface area (Å²) in [6.45, 7) is 0.233. The lowest BCUT2D eigenvalue weighted by Crippen LogP contribution is -2.00. The fourth-order valence-electron chi connectivity index (χ4n) is 1.56. The number of halogens is 3. The molecule has 0 spiro atoms. The molecule has 104 valence electrons. The molecule has 1 N–H and O–H groups in total. The van der Waals surface area contributed by atoms with E-state index in [9.17, 15) is 4.79 Å². The van der Waals surface area contributed by atoms with Crippen molar-refractivity contribution in [2.75, 3.05) is 0 Å². The van der Waals surface area contributed by atoms with Gasteiger partial charge in [0.15, 0.2) is 0 Å². The van der Waals surface area contributed by atoms with Crippen molar-refractivity contribution in [3.63, 3.8) is 0 Å². The van der Waals surface area contributed by atoms with E-state index in [0.717, 1.165) is 5.56 Å². The van der Waals surface area contributed by atoms with Crippen molar-refractivity contribution >= 4 is 45.1 Å². The molecule has 2 aromatic rings. The van der Waals surface area contributed by atoms with Gasteiger partial charge in [0, 0.05) is 20.1 Å². The molecule has 20 heavy (non-hydrogen) atoms. The van der Waals surface area contributed by atoms with Crippen LogP contribution in [0.4, 0.5) is 0 Å². The molecule has 0 heterocycles. The van der Waals surface area contributed by atoms with Crippen LogP contribution in [-0.4, -0.2) is 11.1 Å². The van der Waals surface area contributed by atoms with Gasteiger partial charge in [-0.2, -0.15) is 0 Å². The largest absolute Gasteiger partial charge is 0.489 e. The molecule has 0 unspecified atom stereocenters. The lowest BCUT2D eigenvalue weighted by molar-refractivity contribution is 0.0695. The van der Waals surface area contributed by atoms with Crippen molar-refractivity contribution in [2.45, 2.75) is 6.61 Å². The minimum Gasteiger partial charge on any atom is -0.489 e. The van der Waals surface area contributed by atoms with Crippen LogP contribution in [0.25, 0.3) is 0 Å². The first kappa shape index (κ1) is 15.2. The normalized spacial score (nSPS) is 10.3. The number of hydrogen-bond acceptors (Lipinski definition) is 2. The van der Waals surface area contributed by atoms with E-state index in [-0.39, 0.29) is 12.2 Å². The zero-order chi connectivity index (χ0) is 14.7. The third-order valence-corrected chi connectivity index (χ3v) is 3.86. The number of ether oxygens (including phenoxy) is 1. The van der Waals surface area contributed by atoms with Crippen molar-refractivity contribution in [2.24, 2.45) is 0 Å². The summed E-state index contributed by atoms with van der Waals surface area (Å²) in [4.78, 5) is 11.0. The first-order valence-electron chi connectivity index (χ1n) is 5.57. The molecule has 0 bridgehead atoms. The molecule has 0 atom stereocenters. The van der Waals surface area contributed by atoms with Crippen molar-refractivity contribution in [1.82, 2.24) is 0 Å². The smallest absolute Gasteiger partial charge is 0.336 e. The maximum atomic E-state index is 11.0. The minimum absolute atomic E-state index is 0.143. The summed E-state index contributed by atoms with van der Waals surface area (Å²) < 4.78 is 6.05. The van der Waals surface area contributed by atoms with Gasteiger partial charge in [0.05, 0.1) is 5.56 Å². The van der Waals surface area contributed by atoms with Crippen LogP contribution in [0.1, 0.15) is 15.9 Å². The highest BCUT2D eigenvalue weighted by Crippen LogP contribution is 2.25. The van der Waals surface area contributed by atoms with Crippen LogP contribution in [0.3, 0.4) is 0 Å².